The Hall–Kier alpha value is -2.81. The van der Waals surface area contributed by atoms with Crippen LogP contribution in [0.4, 0.5) is 4.39 Å². The number of hydrogen-bond acceptors (Lipinski definition) is 4. The molecule has 0 bridgehead atoms. The Morgan fingerprint density at radius 1 is 1.12 bits per heavy atom. The summed E-state index contributed by atoms with van der Waals surface area (Å²) in [7, 11) is 0. The van der Waals surface area contributed by atoms with Crippen molar-refractivity contribution in [3.05, 3.63) is 79.7 Å². The van der Waals surface area contributed by atoms with E-state index >= 15 is 0 Å². The van der Waals surface area contributed by atoms with Gasteiger partial charge in [-0.2, -0.15) is 16.6 Å². The molecule has 0 radical (unpaired) electrons. The molecule has 1 aliphatic carbocycles. The van der Waals surface area contributed by atoms with Crippen LogP contribution in [0.1, 0.15) is 27.8 Å². The molecule has 0 aliphatic heterocycles. The molecule has 0 fully saturated rings. The van der Waals surface area contributed by atoms with Gasteiger partial charge in [-0.3, -0.25) is 0 Å². The molecule has 4 rings (SSSR count). The molecule has 128 valence electrons. The van der Waals surface area contributed by atoms with Crippen LogP contribution >= 0.6 is 22.9 Å². The van der Waals surface area contributed by atoms with Crippen molar-refractivity contribution in [2.45, 2.75) is 6.42 Å². The normalized spacial score (nSPS) is 13.0. The molecule has 0 saturated heterocycles. The third kappa shape index (κ3) is 2.55. The minimum atomic E-state index is -0.718. The predicted octanol–water partition coefficient (Wildman–Crippen LogP) is 5.34. The van der Waals surface area contributed by atoms with Gasteiger partial charge in [0, 0.05) is 22.4 Å². The number of aromatic hydroxyl groups is 2. The van der Waals surface area contributed by atoms with Crippen molar-refractivity contribution in [3.8, 4) is 17.6 Å². The van der Waals surface area contributed by atoms with Gasteiger partial charge in [0.15, 0.2) is 11.6 Å². The van der Waals surface area contributed by atoms with Gasteiger partial charge in [0.2, 0.25) is 0 Å². The Morgan fingerprint density at radius 2 is 1.92 bits per heavy atom. The molecule has 1 aliphatic rings. The van der Waals surface area contributed by atoms with Gasteiger partial charge in [-0.25, -0.2) is 4.39 Å². The molecule has 0 amide bonds. The predicted molar refractivity (Wildman–Crippen MR) is 99.8 cm³/mol. The molecule has 1 heterocycles. The van der Waals surface area contributed by atoms with Crippen LogP contribution in [0.2, 0.25) is 5.02 Å². The van der Waals surface area contributed by atoms with E-state index < -0.39 is 11.6 Å². The number of hydrogen-bond donors (Lipinski definition) is 2. The Balaban J connectivity index is 2.03. The Morgan fingerprint density at radius 3 is 2.65 bits per heavy atom. The van der Waals surface area contributed by atoms with E-state index in [1.165, 1.54) is 29.5 Å². The van der Waals surface area contributed by atoms with Gasteiger partial charge in [0.1, 0.15) is 11.8 Å². The largest absolute Gasteiger partial charge is 0.508 e. The van der Waals surface area contributed by atoms with Gasteiger partial charge >= 0.3 is 0 Å². The Labute approximate surface area is 157 Å². The molecule has 6 heteroatoms. The lowest BCUT2D eigenvalue weighted by Gasteiger charge is -2.10. The van der Waals surface area contributed by atoms with Crippen LogP contribution in [-0.2, 0) is 6.42 Å². The maximum Gasteiger partial charge on any atom is 0.165 e. The van der Waals surface area contributed by atoms with Gasteiger partial charge in [0.25, 0.3) is 0 Å². The molecule has 0 atom stereocenters. The van der Waals surface area contributed by atoms with Crippen LogP contribution in [-0.4, -0.2) is 10.2 Å². The van der Waals surface area contributed by atoms with Crippen LogP contribution < -0.4 is 0 Å². The highest BCUT2D eigenvalue weighted by atomic mass is 35.5. The lowest BCUT2D eigenvalue weighted by Crippen LogP contribution is -1.91. The number of rotatable bonds is 2. The Bertz CT molecular complexity index is 1130. The third-order valence-electron chi connectivity index (χ3n) is 4.45. The summed E-state index contributed by atoms with van der Waals surface area (Å²) in [5, 5.41) is 32.9. The van der Waals surface area contributed by atoms with Crippen LogP contribution in [0.3, 0.4) is 0 Å². The average molecular weight is 384 g/mol. The van der Waals surface area contributed by atoms with Gasteiger partial charge in [-0.1, -0.05) is 17.7 Å². The van der Waals surface area contributed by atoms with E-state index in [0.717, 1.165) is 27.8 Å². The highest BCUT2D eigenvalue weighted by Gasteiger charge is 2.28. The molecule has 0 unspecified atom stereocenters. The number of thiophene rings is 1. The Kier molecular flexibility index (Phi) is 3.95. The maximum atomic E-state index is 13.9. The molecule has 26 heavy (non-hydrogen) atoms. The first-order chi connectivity index (χ1) is 12.5. The summed E-state index contributed by atoms with van der Waals surface area (Å²) in [6.45, 7) is 0. The van der Waals surface area contributed by atoms with Crippen molar-refractivity contribution >= 4 is 34.1 Å². The minimum Gasteiger partial charge on any atom is -0.508 e. The van der Waals surface area contributed by atoms with Gasteiger partial charge in [-0.15, -0.1) is 0 Å². The summed E-state index contributed by atoms with van der Waals surface area (Å²) in [4.78, 5) is 0. The van der Waals surface area contributed by atoms with Crippen LogP contribution in [0, 0.1) is 17.1 Å². The fourth-order valence-electron chi connectivity index (χ4n) is 3.28. The van der Waals surface area contributed by atoms with E-state index in [1.54, 1.807) is 17.5 Å². The second-order valence-electron chi connectivity index (χ2n) is 5.96. The van der Waals surface area contributed by atoms with E-state index in [9.17, 15) is 19.9 Å². The zero-order chi connectivity index (χ0) is 18.4. The zero-order valence-electron chi connectivity index (χ0n) is 13.3. The minimum absolute atomic E-state index is 0.0260. The number of phenolic OH excluding ortho intramolecular Hbond substituents is 2. The van der Waals surface area contributed by atoms with Gasteiger partial charge in [0.05, 0.1) is 5.56 Å². The summed E-state index contributed by atoms with van der Waals surface area (Å²) in [5.74, 6) is -1.11. The molecular formula is C20H11ClFNO2S. The van der Waals surface area contributed by atoms with Crippen molar-refractivity contribution < 1.29 is 14.6 Å². The number of allylic oxidation sites excluding steroid dienone is 1. The zero-order valence-corrected chi connectivity index (χ0v) is 14.8. The van der Waals surface area contributed by atoms with Crippen LogP contribution in [0.5, 0.6) is 11.5 Å². The van der Waals surface area contributed by atoms with E-state index in [2.05, 4.69) is 6.07 Å². The average Bonchev–Trinajstić information content (AvgIpc) is 3.21. The SMILES string of the molecule is N#Cc1cscc1C1=C(c2ccc(O)c(F)c2)Cc2c(Cl)cc(O)cc21. The van der Waals surface area contributed by atoms with E-state index in [-0.39, 0.29) is 5.75 Å². The van der Waals surface area contributed by atoms with Crippen molar-refractivity contribution in [2.75, 3.05) is 0 Å². The number of nitriles is 1. The topological polar surface area (TPSA) is 64.2 Å². The number of benzene rings is 2. The smallest absolute Gasteiger partial charge is 0.165 e. The van der Waals surface area contributed by atoms with Crippen LogP contribution in [0.15, 0.2) is 41.1 Å². The van der Waals surface area contributed by atoms with Crippen molar-refractivity contribution in [3.63, 3.8) is 0 Å². The lowest BCUT2D eigenvalue weighted by molar-refractivity contribution is 0.432. The first-order valence-electron chi connectivity index (χ1n) is 7.70. The standard InChI is InChI=1S/C20H11ClFNO2S/c21-17-5-12(24)4-15-14(17)6-13(10-1-2-19(25)18(22)3-10)20(15)16-9-26-8-11(16)7-23/h1-5,8-9,24-25H,6H2. The van der Waals surface area contributed by atoms with Crippen LogP contribution in [0.25, 0.3) is 11.1 Å². The molecule has 0 spiro atoms. The number of nitrogens with zero attached hydrogens (tertiary/aromatic N) is 1. The summed E-state index contributed by atoms with van der Waals surface area (Å²) in [6.07, 6.45) is 0.439. The third-order valence-corrected chi connectivity index (χ3v) is 5.53. The molecule has 1 aromatic heterocycles. The summed E-state index contributed by atoms with van der Waals surface area (Å²) >= 11 is 7.72. The summed E-state index contributed by atoms with van der Waals surface area (Å²) < 4.78 is 13.9. The molecule has 0 saturated carbocycles. The number of halogens is 2. The summed E-state index contributed by atoms with van der Waals surface area (Å²) in [6, 6.07) is 9.45. The highest BCUT2D eigenvalue weighted by molar-refractivity contribution is 7.08. The molecular weight excluding hydrogens is 373 g/mol. The van der Waals surface area contributed by atoms with Crippen molar-refractivity contribution in [1.82, 2.24) is 0 Å². The van der Waals surface area contributed by atoms with E-state index in [0.29, 0.717) is 22.6 Å². The first-order valence-corrected chi connectivity index (χ1v) is 9.02. The molecule has 2 N–H and O–H groups in total. The number of phenols is 2. The summed E-state index contributed by atoms with van der Waals surface area (Å²) in [5.41, 5.74) is 4.92. The van der Waals surface area contributed by atoms with Crippen molar-refractivity contribution in [2.24, 2.45) is 0 Å². The van der Waals surface area contributed by atoms with E-state index in [1.807, 2.05) is 5.38 Å². The lowest BCUT2D eigenvalue weighted by atomic mass is 9.94. The number of fused-ring (bicyclic) bond motifs is 1. The second-order valence-corrected chi connectivity index (χ2v) is 7.11. The molecule has 3 aromatic rings. The fraction of sp³-hybridized carbons (Fsp3) is 0.0500. The monoisotopic (exact) mass is 383 g/mol. The molecule has 2 aromatic carbocycles. The van der Waals surface area contributed by atoms with E-state index in [4.69, 9.17) is 11.6 Å². The second kappa shape index (κ2) is 6.17. The van der Waals surface area contributed by atoms with Gasteiger partial charge < -0.3 is 10.2 Å². The maximum absolute atomic E-state index is 13.9. The fourth-order valence-corrected chi connectivity index (χ4v) is 4.32. The highest BCUT2D eigenvalue weighted by Crippen LogP contribution is 2.47. The van der Waals surface area contributed by atoms with Crippen molar-refractivity contribution in [1.29, 1.82) is 5.26 Å². The molecule has 3 nitrogen and oxygen atoms in total. The first kappa shape index (κ1) is 16.6. The quantitative estimate of drug-likeness (QED) is 0.627. The van der Waals surface area contributed by atoms with Gasteiger partial charge in [-0.05, 0) is 57.5 Å².